The van der Waals surface area contributed by atoms with Gasteiger partial charge in [-0.1, -0.05) is 12.1 Å². The molecule has 2 aliphatic heterocycles. The number of hydrogen-bond acceptors (Lipinski definition) is 5. The van der Waals surface area contributed by atoms with Crippen LogP contribution in [-0.4, -0.2) is 75.2 Å². The molecular weight excluding hydrogens is 286 g/mol. The van der Waals surface area contributed by atoms with Gasteiger partial charge < -0.3 is 26.2 Å². The van der Waals surface area contributed by atoms with E-state index in [4.69, 9.17) is 5.73 Å². The van der Waals surface area contributed by atoms with Crippen LogP contribution >= 0.6 is 0 Å². The highest BCUT2D eigenvalue weighted by molar-refractivity contribution is 5.39. The van der Waals surface area contributed by atoms with Gasteiger partial charge in [0.25, 0.3) is 0 Å². The van der Waals surface area contributed by atoms with Crippen molar-refractivity contribution in [3.05, 3.63) is 29.8 Å². The third-order valence-electron chi connectivity index (χ3n) is 4.96. The Labute approximate surface area is 140 Å². The van der Waals surface area contributed by atoms with Gasteiger partial charge in [-0.15, -0.1) is 0 Å². The molecule has 4 N–H and O–H groups in total. The normalized spacial score (nSPS) is 30.2. The first-order chi connectivity index (χ1) is 11.3. The van der Waals surface area contributed by atoms with E-state index < -0.39 is 0 Å². The molecule has 2 fully saturated rings. The third kappa shape index (κ3) is 5.46. The number of hydrogen-bond donors (Lipinski definition) is 3. The molecule has 2 heterocycles. The SMILES string of the molecule is Nc1ccc(CC2CN3CCNCCN(CCNCC3)C2)cc1. The maximum Gasteiger partial charge on any atom is 0.0314 e. The predicted octanol–water partition coefficient (Wildman–Crippen LogP) is 0.238. The van der Waals surface area contributed by atoms with Crippen LogP contribution in [0, 0.1) is 5.92 Å². The Kier molecular flexibility index (Phi) is 6.28. The average Bonchev–Trinajstić information content (AvgIpc) is 2.55. The number of anilines is 1. The molecule has 0 atom stereocenters. The van der Waals surface area contributed by atoms with Crippen molar-refractivity contribution in [2.45, 2.75) is 6.42 Å². The summed E-state index contributed by atoms with van der Waals surface area (Å²) in [6, 6.07) is 8.44. The first-order valence-corrected chi connectivity index (χ1v) is 9.00. The molecule has 3 rings (SSSR count). The van der Waals surface area contributed by atoms with Crippen LogP contribution in [0.2, 0.25) is 0 Å². The zero-order chi connectivity index (χ0) is 15.9. The third-order valence-corrected chi connectivity index (χ3v) is 4.96. The van der Waals surface area contributed by atoms with Crippen molar-refractivity contribution in [3.63, 3.8) is 0 Å². The van der Waals surface area contributed by atoms with Gasteiger partial charge >= 0.3 is 0 Å². The fraction of sp³-hybridized carbons (Fsp3) is 0.667. The maximum atomic E-state index is 5.83. The van der Waals surface area contributed by atoms with E-state index in [0.29, 0.717) is 5.92 Å². The molecule has 0 aromatic heterocycles. The van der Waals surface area contributed by atoms with Crippen LogP contribution in [0.4, 0.5) is 5.69 Å². The van der Waals surface area contributed by atoms with E-state index in [0.717, 1.165) is 64.5 Å². The Morgan fingerprint density at radius 3 is 1.78 bits per heavy atom. The lowest BCUT2D eigenvalue weighted by Gasteiger charge is -2.35. The summed E-state index contributed by atoms with van der Waals surface area (Å²) in [5.41, 5.74) is 8.09. The van der Waals surface area contributed by atoms with E-state index in [1.165, 1.54) is 18.7 Å². The van der Waals surface area contributed by atoms with Gasteiger partial charge in [0.15, 0.2) is 0 Å². The molecule has 128 valence electrons. The molecule has 23 heavy (non-hydrogen) atoms. The molecule has 0 unspecified atom stereocenters. The molecule has 1 aromatic carbocycles. The molecule has 0 spiro atoms. The summed E-state index contributed by atoms with van der Waals surface area (Å²) in [5.74, 6) is 0.690. The van der Waals surface area contributed by atoms with E-state index in [-0.39, 0.29) is 0 Å². The first kappa shape index (κ1) is 16.7. The Morgan fingerprint density at radius 1 is 0.826 bits per heavy atom. The summed E-state index contributed by atoms with van der Waals surface area (Å²) in [6.07, 6.45) is 1.15. The number of nitrogens with two attached hydrogens (primary N) is 1. The smallest absolute Gasteiger partial charge is 0.0314 e. The van der Waals surface area contributed by atoms with Crippen LogP contribution in [0.3, 0.4) is 0 Å². The number of rotatable bonds is 2. The number of nitrogens with zero attached hydrogens (tertiary/aromatic N) is 2. The average molecular weight is 317 g/mol. The first-order valence-electron chi connectivity index (χ1n) is 9.00. The van der Waals surface area contributed by atoms with Gasteiger partial charge in [0.1, 0.15) is 0 Å². The molecule has 0 amide bonds. The summed E-state index contributed by atoms with van der Waals surface area (Å²) in [5, 5.41) is 7.17. The quantitative estimate of drug-likeness (QED) is 0.682. The summed E-state index contributed by atoms with van der Waals surface area (Å²) in [7, 11) is 0. The van der Waals surface area contributed by atoms with E-state index in [1.807, 2.05) is 12.1 Å². The Hall–Kier alpha value is -1.14. The molecule has 5 heteroatoms. The summed E-state index contributed by atoms with van der Waals surface area (Å²) >= 11 is 0. The van der Waals surface area contributed by atoms with Crippen LogP contribution < -0.4 is 16.4 Å². The van der Waals surface area contributed by atoms with Crippen molar-refractivity contribution >= 4 is 5.69 Å². The van der Waals surface area contributed by atoms with Gasteiger partial charge in [-0.05, 0) is 30.0 Å². The van der Waals surface area contributed by atoms with Gasteiger partial charge in [0, 0.05) is 71.1 Å². The van der Waals surface area contributed by atoms with Crippen molar-refractivity contribution < 1.29 is 0 Å². The van der Waals surface area contributed by atoms with Gasteiger partial charge in [0.05, 0.1) is 0 Å². The number of nitrogen functional groups attached to an aromatic ring is 1. The molecule has 2 saturated heterocycles. The Morgan fingerprint density at radius 2 is 1.30 bits per heavy atom. The minimum absolute atomic E-state index is 0.690. The summed E-state index contributed by atoms with van der Waals surface area (Å²) in [6.45, 7) is 11.4. The van der Waals surface area contributed by atoms with Crippen LogP contribution in [-0.2, 0) is 6.42 Å². The second kappa shape index (κ2) is 8.64. The number of nitrogens with one attached hydrogen (secondary N) is 2. The van der Waals surface area contributed by atoms with E-state index >= 15 is 0 Å². The fourth-order valence-corrected chi connectivity index (χ4v) is 3.69. The van der Waals surface area contributed by atoms with Crippen LogP contribution in [0.15, 0.2) is 24.3 Å². The minimum atomic E-state index is 0.690. The lowest BCUT2D eigenvalue weighted by molar-refractivity contribution is 0.153. The topological polar surface area (TPSA) is 56.6 Å². The number of benzene rings is 1. The second-order valence-corrected chi connectivity index (χ2v) is 6.91. The predicted molar refractivity (Wildman–Crippen MR) is 96.7 cm³/mol. The fourth-order valence-electron chi connectivity index (χ4n) is 3.69. The van der Waals surface area contributed by atoms with Gasteiger partial charge in [-0.3, -0.25) is 0 Å². The highest BCUT2D eigenvalue weighted by Crippen LogP contribution is 2.15. The molecule has 1 aromatic rings. The highest BCUT2D eigenvalue weighted by Gasteiger charge is 2.20. The molecule has 5 nitrogen and oxygen atoms in total. The van der Waals surface area contributed by atoms with E-state index in [2.05, 4.69) is 32.6 Å². The lowest BCUT2D eigenvalue weighted by Crippen LogP contribution is -2.49. The Balaban J connectivity index is 1.71. The van der Waals surface area contributed by atoms with Crippen molar-refractivity contribution in [2.75, 3.05) is 71.2 Å². The lowest BCUT2D eigenvalue weighted by atomic mass is 9.97. The van der Waals surface area contributed by atoms with Crippen LogP contribution in [0.25, 0.3) is 0 Å². The van der Waals surface area contributed by atoms with Crippen molar-refractivity contribution in [1.82, 2.24) is 20.4 Å². The minimum Gasteiger partial charge on any atom is -0.399 e. The molecule has 0 saturated carbocycles. The van der Waals surface area contributed by atoms with E-state index in [9.17, 15) is 0 Å². The molecular formula is C18H31N5. The van der Waals surface area contributed by atoms with Gasteiger partial charge in [0.2, 0.25) is 0 Å². The monoisotopic (exact) mass is 317 g/mol. The van der Waals surface area contributed by atoms with Gasteiger partial charge in [-0.2, -0.15) is 0 Å². The van der Waals surface area contributed by atoms with E-state index in [1.54, 1.807) is 0 Å². The van der Waals surface area contributed by atoms with Crippen molar-refractivity contribution in [3.8, 4) is 0 Å². The second-order valence-electron chi connectivity index (χ2n) is 6.91. The summed E-state index contributed by atoms with van der Waals surface area (Å²) < 4.78 is 0. The number of fused-ring (bicyclic) bond motifs is 4. The summed E-state index contributed by atoms with van der Waals surface area (Å²) in [4.78, 5) is 5.24. The molecule has 2 bridgehead atoms. The largest absolute Gasteiger partial charge is 0.399 e. The van der Waals surface area contributed by atoms with Gasteiger partial charge in [-0.25, -0.2) is 0 Å². The maximum absolute atomic E-state index is 5.83. The highest BCUT2D eigenvalue weighted by atomic mass is 15.2. The zero-order valence-electron chi connectivity index (χ0n) is 14.1. The standard InChI is InChI=1S/C18H31N5/c19-18-3-1-16(2-4-18)13-17-14-22-9-5-20-6-10-23(15-17)12-8-21-7-11-22/h1-4,17,20-21H,5-15,19H2. The van der Waals surface area contributed by atoms with Crippen LogP contribution in [0.5, 0.6) is 0 Å². The Bertz CT molecular complexity index is 429. The molecule has 2 aliphatic rings. The molecule has 0 aliphatic carbocycles. The van der Waals surface area contributed by atoms with Crippen molar-refractivity contribution in [2.24, 2.45) is 5.92 Å². The molecule has 0 radical (unpaired) electrons. The van der Waals surface area contributed by atoms with Crippen LogP contribution in [0.1, 0.15) is 5.56 Å². The zero-order valence-corrected chi connectivity index (χ0v) is 14.1. The van der Waals surface area contributed by atoms with Crippen molar-refractivity contribution in [1.29, 1.82) is 0 Å².